The highest BCUT2D eigenvalue weighted by atomic mass is 16.5. The van der Waals surface area contributed by atoms with Gasteiger partial charge < -0.3 is 10.1 Å². The highest BCUT2D eigenvalue weighted by molar-refractivity contribution is 5.93. The Kier molecular flexibility index (Phi) is 4.81. The van der Waals surface area contributed by atoms with Gasteiger partial charge in [-0.05, 0) is 48.6 Å². The van der Waals surface area contributed by atoms with E-state index in [1.54, 1.807) is 7.11 Å². The molecule has 2 amide bonds. The number of rotatable bonds is 4. The average molecular weight is 310 g/mol. The molecule has 1 N–H and O–H groups in total. The number of hydrogen-bond donors (Lipinski definition) is 1. The number of fused-ring (bicyclic) bond motifs is 1. The van der Waals surface area contributed by atoms with Crippen LogP contribution in [0, 0.1) is 0 Å². The molecular formula is C19H22N2O2. The Hall–Kier alpha value is -2.49. The van der Waals surface area contributed by atoms with Crippen LogP contribution in [0.4, 0.5) is 10.5 Å². The molecule has 1 aliphatic heterocycles. The maximum Gasteiger partial charge on any atom is 0.321 e. The van der Waals surface area contributed by atoms with Crippen LogP contribution in [0.15, 0.2) is 48.5 Å². The van der Waals surface area contributed by atoms with Crippen LogP contribution >= 0.6 is 0 Å². The fraction of sp³-hybridized carbons (Fsp3) is 0.316. The first-order valence-electron chi connectivity index (χ1n) is 8.04. The number of aryl methyl sites for hydroxylation is 1. The normalized spacial score (nSPS) is 13.3. The number of methoxy groups -OCH3 is 1. The molecule has 2 aromatic carbocycles. The lowest BCUT2D eigenvalue weighted by Crippen LogP contribution is -2.43. The van der Waals surface area contributed by atoms with Crippen LogP contribution in [0.3, 0.4) is 0 Å². The van der Waals surface area contributed by atoms with Crippen molar-refractivity contribution in [2.24, 2.45) is 0 Å². The number of nitrogens with zero attached hydrogens (tertiary/aromatic N) is 1. The van der Waals surface area contributed by atoms with E-state index in [0.717, 1.165) is 37.2 Å². The quantitative estimate of drug-likeness (QED) is 0.940. The van der Waals surface area contributed by atoms with E-state index >= 15 is 0 Å². The van der Waals surface area contributed by atoms with Gasteiger partial charge in [0.25, 0.3) is 0 Å². The standard InChI is InChI=1S/C19H22N2O2/c1-23-17-10-8-15(9-11-17)12-13-20-19(22)21-14-4-6-16-5-2-3-7-18(16)21/h2-3,5,7-11H,4,6,12-14H2,1H3,(H,20,22). The summed E-state index contributed by atoms with van der Waals surface area (Å²) in [5.74, 6) is 0.850. The number of carbonyl (C=O) groups is 1. The molecule has 0 fully saturated rings. The van der Waals surface area contributed by atoms with Crippen molar-refractivity contribution in [3.8, 4) is 5.75 Å². The summed E-state index contributed by atoms with van der Waals surface area (Å²) in [6.07, 6.45) is 2.87. The second kappa shape index (κ2) is 7.18. The molecule has 1 aliphatic rings. The Morgan fingerprint density at radius 2 is 1.96 bits per heavy atom. The fourth-order valence-electron chi connectivity index (χ4n) is 2.95. The highest BCUT2D eigenvalue weighted by Crippen LogP contribution is 2.26. The average Bonchev–Trinajstić information content (AvgIpc) is 2.61. The van der Waals surface area contributed by atoms with Crippen LogP contribution in [-0.2, 0) is 12.8 Å². The van der Waals surface area contributed by atoms with E-state index in [-0.39, 0.29) is 6.03 Å². The van der Waals surface area contributed by atoms with Gasteiger partial charge in [-0.3, -0.25) is 4.90 Å². The molecule has 120 valence electrons. The van der Waals surface area contributed by atoms with Gasteiger partial charge >= 0.3 is 6.03 Å². The lowest BCUT2D eigenvalue weighted by Gasteiger charge is -2.29. The van der Waals surface area contributed by atoms with Crippen molar-refractivity contribution in [3.05, 3.63) is 59.7 Å². The first-order valence-corrected chi connectivity index (χ1v) is 8.04. The van der Waals surface area contributed by atoms with E-state index in [9.17, 15) is 4.79 Å². The number of amides is 2. The largest absolute Gasteiger partial charge is 0.497 e. The van der Waals surface area contributed by atoms with Gasteiger partial charge in [0.15, 0.2) is 0 Å². The molecule has 0 unspecified atom stereocenters. The summed E-state index contributed by atoms with van der Waals surface area (Å²) in [4.78, 5) is 14.3. The van der Waals surface area contributed by atoms with Crippen LogP contribution in [0.5, 0.6) is 5.75 Å². The monoisotopic (exact) mass is 310 g/mol. The molecule has 2 aromatic rings. The molecule has 4 heteroatoms. The Morgan fingerprint density at radius 1 is 1.17 bits per heavy atom. The minimum Gasteiger partial charge on any atom is -0.497 e. The van der Waals surface area contributed by atoms with Gasteiger partial charge in [0.2, 0.25) is 0 Å². The predicted octanol–water partition coefficient (Wildman–Crippen LogP) is 3.40. The summed E-state index contributed by atoms with van der Waals surface area (Å²) >= 11 is 0. The Morgan fingerprint density at radius 3 is 2.74 bits per heavy atom. The van der Waals surface area contributed by atoms with Crippen LogP contribution in [0.25, 0.3) is 0 Å². The number of hydrogen-bond acceptors (Lipinski definition) is 2. The smallest absolute Gasteiger partial charge is 0.321 e. The van der Waals surface area contributed by atoms with Crippen molar-refractivity contribution in [1.29, 1.82) is 0 Å². The van der Waals surface area contributed by atoms with E-state index in [2.05, 4.69) is 11.4 Å². The second-order valence-electron chi connectivity index (χ2n) is 5.71. The van der Waals surface area contributed by atoms with Crippen molar-refractivity contribution in [2.75, 3.05) is 25.1 Å². The molecule has 0 aromatic heterocycles. The van der Waals surface area contributed by atoms with E-state index in [0.29, 0.717) is 6.54 Å². The van der Waals surface area contributed by atoms with Crippen LogP contribution in [0.2, 0.25) is 0 Å². The number of carbonyl (C=O) groups excluding carboxylic acids is 1. The van der Waals surface area contributed by atoms with Crippen molar-refractivity contribution in [1.82, 2.24) is 5.32 Å². The van der Waals surface area contributed by atoms with Gasteiger partial charge in [0.1, 0.15) is 5.75 Å². The maximum atomic E-state index is 12.4. The van der Waals surface area contributed by atoms with Crippen molar-refractivity contribution >= 4 is 11.7 Å². The van der Waals surface area contributed by atoms with Gasteiger partial charge in [0.05, 0.1) is 7.11 Å². The van der Waals surface area contributed by atoms with Gasteiger partial charge in [-0.15, -0.1) is 0 Å². The minimum absolute atomic E-state index is 0.00865. The van der Waals surface area contributed by atoms with E-state index in [4.69, 9.17) is 4.74 Å². The molecule has 0 bridgehead atoms. The molecule has 0 spiro atoms. The topological polar surface area (TPSA) is 41.6 Å². The summed E-state index contributed by atoms with van der Waals surface area (Å²) in [7, 11) is 1.66. The van der Waals surface area contributed by atoms with E-state index < -0.39 is 0 Å². The number of anilines is 1. The maximum absolute atomic E-state index is 12.4. The third-order valence-corrected chi connectivity index (χ3v) is 4.20. The third-order valence-electron chi connectivity index (χ3n) is 4.20. The molecule has 0 saturated heterocycles. The number of nitrogens with one attached hydrogen (secondary N) is 1. The Bertz CT molecular complexity index is 667. The van der Waals surface area contributed by atoms with Gasteiger partial charge in [0, 0.05) is 18.8 Å². The van der Waals surface area contributed by atoms with Crippen molar-refractivity contribution in [2.45, 2.75) is 19.3 Å². The second-order valence-corrected chi connectivity index (χ2v) is 5.71. The number of para-hydroxylation sites is 1. The first kappa shape index (κ1) is 15.4. The summed E-state index contributed by atoms with van der Waals surface area (Å²) in [5, 5.41) is 3.03. The SMILES string of the molecule is COc1ccc(CCNC(=O)N2CCCc3ccccc32)cc1. The molecule has 23 heavy (non-hydrogen) atoms. The third kappa shape index (κ3) is 3.65. The highest BCUT2D eigenvalue weighted by Gasteiger charge is 2.21. The zero-order valence-electron chi connectivity index (χ0n) is 13.4. The number of ether oxygens (including phenoxy) is 1. The van der Waals surface area contributed by atoms with E-state index in [1.165, 1.54) is 11.1 Å². The van der Waals surface area contributed by atoms with Crippen LogP contribution in [0.1, 0.15) is 17.5 Å². The lowest BCUT2D eigenvalue weighted by molar-refractivity contribution is 0.246. The van der Waals surface area contributed by atoms with Gasteiger partial charge in [-0.1, -0.05) is 30.3 Å². The predicted molar refractivity (Wildman–Crippen MR) is 92.2 cm³/mol. The molecule has 1 heterocycles. The molecule has 4 nitrogen and oxygen atoms in total. The Balaban J connectivity index is 1.55. The fourth-order valence-corrected chi connectivity index (χ4v) is 2.95. The van der Waals surface area contributed by atoms with Crippen molar-refractivity contribution < 1.29 is 9.53 Å². The summed E-state index contributed by atoms with van der Waals surface area (Å²) in [6.45, 7) is 1.41. The molecule has 0 radical (unpaired) electrons. The van der Waals surface area contributed by atoms with Crippen LogP contribution in [-0.4, -0.2) is 26.2 Å². The Labute approximate surface area is 137 Å². The minimum atomic E-state index is -0.00865. The van der Waals surface area contributed by atoms with Gasteiger partial charge in [-0.2, -0.15) is 0 Å². The zero-order chi connectivity index (χ0) is 16.1. The summed E-state index contributed by atoms with van der Waals surface area (Å²) in [5.41, 5.74) is 3.48. The number of benzene rings is 2. The summed E-state index contributed by atoms with van der Waals surface area (Å²) in [6, 6.07) is 16.1. The molecule has 0 aliphatic carbocycles. The summed E-state index contributed by atoms with van der Waals surface area (Å²) < 4.78 is 5.15. The van der Waals surface area contributed by atoms with E-state index in [1.807, 2.05) is 47.4 Å². The first-order chi connectivity index (χ1) is 11.3. The van der Waals surface area contributed by atoms with Crippen molar-refractivity contribution in [3.63, 3.8) is 0 Å². The molecular weight excluding hydrogens is 288 g/mol. The lowest BCUT2D eigenvalue weighted by atomic mass is 10.0. The van der Waals surface area contributed by atoms with Gasteiger partial charge in [-0.25, -0.2) is 4.79 Å². The molecule has 3 rings (SSSR count). The molecule has 0 saturated carbocycles. The van der Waals surface area contributed by atoms with Crippen LogP contribution < -0.4 is 15.0 Å². The number of urea groups is 1. The zero-order valence-corrected chi connectivity index (χ0v) is 13.4. The molecule has 0 atom stereocenters.